The minimum absolute atomic E-state index is 0.133. The van der Waals surface area contributed by atoms with E-state index < -0.39 is 5.91 Å². The Hall–Kier alpha value is -2.01. The highest BCUT2D eigenvalue weighted by Crippen LogP contribution is 2.24. The topological polar surface area (TPSA) is 72.6 Å². The molecule has 0 saturated carbocycles. The molecule has 1 aromatic carbocycles. The SMILES string of the molecule is CCN(C(=O)COc1ccc(Cl)cc1C(N)=O)C1=CCCCC1. The second kappa shape index (κ2) is 8.02. The molecule has 0 radical (unpaired) electrons. The summed E-state index contributed by atoms with van der Waals surface area (Å²) < 4.78 is 5.51. The van der Waals surface area contributed by atoms with E-state index in [0.717, 1.165) is 25.0 Å². The van der Waals surface area contributed by atoms with Crippen molar-refractivity contribution in [3.05, 3.63) is 40.6 Å². The van der Waals surface area contributed by atoms with Gasteiger partial charge in [0.05, 0.1) is 5.56 Å². The van der Waals surface area contributed by atoms with Crippen LogP contribution in [0.2, 0.25) is 5.02 Å². The van der Waals surface area contributed by atoms with Crippen LogP contribution in [0, 0.1) is 0 Å². The van der Waals surface area contributed by atoms with E-state index in [1.807, 2.05) is 6.92 Å². The molecule has 2 amide bonds. The molecule has 0 spiro atoms. The van der Waals surface area contributed by atoms with Gasteiger partial charge in [-0.25, -0.2) is 0 Å². The van der Waals surface area contributed by atoms with Crippen molar-refractivity contribution >= 4 is 23.4 Å². The van der Waals surface area contributed by atoms with E-state index in [2.05, 4.69) is 6.08 Å². The maximum absolute atomic E-state index is 12.4. The Kier molecular flexibility index (Phi) is 6.04. The lowest BCUT2D eigenvalue weighted by molar-refractivity contribution is -0.131. The molecule has 0 bridgehead atoms. The standard InChI is InChI=1S/C17H21ClN2O3/c1-2-20(13-6-4-3-5-7-13)16(21)11-23-15-9-8-12(18)10-14(15)17(19)22/h6,8-10H,2-5,7,11H2,1H3,(H2,19,22). The lowest BCUT2D eigenvalue weighted by atomic mass is 10.0. The van der Waals surface area contributed by atoms with Gasteiger partial charge in [-0.2, -0.15) is 0 Å². The molecular formula is C17H21ClN2O3. The number of benzene rings is 1. The first-order valence-corrected chi connectivity index (χ1v) is 8.12. The van der Waals surface area contributed by atoms with Crippen LogP contribution in [0.5, 0.6) is 5.75 Å². The number of nitrogens with two attached hydrogens (primary N) is 1. The molecule has 1 aromatic rings. The molecule has 2 rings (SSSR count). The molecule has 1 aliphatic rings. The van der Waals surface area contributed by atoms with E-state index in [9.17, 15) is 9.59 Å². The summed E-state index contributed by atoms with van der Waals surface area (Å²) in [6, 6.07) is 4.58. The molecular weight excluding hydrogens is 316 g/mol. The van der Waals surface area contributed by atoms with Gasteiger partial charge in [0, 0.05) is 17.3 Å². The summed E-state index contributed by atoms with van der Waals surface area (Å²) in [6.45, 7) is 2.38. The number of likely N-dealkylation sites (N-methyl/N-ethyl adjacent to an activating group) is 1. The van der Waals surface area contributed by atoms with Crippen LogP contribution in [0.15, 0.2) is 30.0 Å². The number of amides is 2. The van der Waals surface area contributed by atoms with Crippen molar-refractivity contribution < 1.29 is 14.3 Å². The van der Waals surface area contributed by atoms with Crippen molar-refractivity contribution in [3.8, 4) is 5.75 Å². The Balaban J connectivity index is 2.06. The zero-order chi connectivity index (χ0) is 16.8. The maximum atomic E-state index is 12.4. The van der Waals surface area contributed by atoms with Crippen LogP contribution in [0.3, 0.4) is 0 Å². The van der Waals surface area contributed by atoms with E-state index in [0.29, 0.717) is 11.6 Å². The van der Waals surface area contributed by atoms with Crippen LogP contribution in [0.25, 0.3) is 0 Å². The lowest BCUT2D eigenvalue weighted by Gasteiger charge is -2.26. The number of ether oxygens (including phenoxy) is 1. The molecule has 2 N–H and O–H groups in total. The highest BCUT2D eigenvalue weighted by Gasteiger charge is 2.19. The predicted molar refractivity (Wildman–Crippen MR) is 89.4 cm³/mol. The molecule has 0 heterocycles. The summed E-state index contributed by atoms with van der Waals surface area (Å²) in [7, 11) is 0. The lowest BCUT2D eigenvalue weighted by Crippen LogP contribution is -2.35. The number of hydrogen-bond acceptors (Lipinski definition) is 3. The zero-order valence-electron chi connectivity index (χ0n) is 13.2. The number of rotatable bonds is 6. The second-order valence-electron chi connectivity index (χ2n) is 5.37. The molecule has 0 aromatic heterocycles. The summed E-state index contributed by atoms with van der Waals surface area (Å²) in [6.07, 6.45) is 6.29. The van der Waals surface area contributed by atoms with Crippen molar-refractivity contribution in [1.29, 1.82) is 0 Å². The van der Waals surface area contributed by atoms with Gasteiger partial charge in [-0.05, 0) is 50.8 Å². The first kappa shape index (κ1) is 17.3. The molecule has 0 aliphatic heterocycles. The fourth-order valence-electron chi connectivity index (χ4n) is 2.64. The van der Waals surface area contributed by atoms with Crippen LogP contribution in [0.4, 0.5) is 0 Å². The Morgan fingerprint density at radius 2 is 2.13 bits per heavy atom. The summed E-state index contributed by atoms with van der Waals surface area (Å²) >= 11 is 5.85. The largest absolute Gasteiger partial charge is 0.483 e. The van der Waals surface area contributed by atoms with Crippen molar-refractivity contribution in [2.24, 2.45) is 5.73 Å². The maximum Gasteiger partial charge on any atom is 0.264 e. The number of halogens is 1. The molecule has 23 heavy (non-hydrogen) atoms. The van der Waals surface area contributed by atoms with Gasteiger partial charge < -0.3 is 15.4 Å². The van der Waals surface area contributed by atoms with E-state index in [1.165, 1.54) is 12.5 Å². The molecule has 0 saturated heterocycles. The van der Waals surface area contributed by atoms with E-state index in [4.69, 9.17) is 22.1 Å². The van der Waals surface area contributed by atoms with Crippen LogP contribution in [-0.2, 0) is 4.79 Å². The molecule has 0 unspecified atom stereocenters. The minimum Gasteiger partial charge on any atom is -0.483 e. The number of carbonyl (C=O) groups excluding carboxylic acids is 2. The number of allylic oxidation sites excluding steroid dienone is 2. The fraction of sp³-hybridized carbons (Fsp3) is 0.412. The summed E-state index contributed by atoms with van der Waals surface area (Å²) in [4.78, 5) is 25.6. The van der Waals surface area contributed by atoms with Crippen molar-refractivity contribution in [1.82, 2.24) is 4.90 Å². The van der Waals surface area contributed by atoms with Gasteiger partial charge in [-0.1, -0.05) is 17.7 Å². The van der Waals surface area contributed by atoms with Crippen LogP contribution in [0.1, 0.15) is 43.0 Å². The summed E-state index contributed by atoms with van der Waals surface area (Å²) in [5, 5.41) is 0.389. The van der Waals surface area contributed by atoms with Gasteiger partial charge in [0.2, 0.25) is 0 Å². The van der Waals surface area contributed by atoms with Gasteiger partial charge >= 0.3 is 0 Å². The average Bonchev–Trinajstić information content (AvgIpc) is 2.55. The molecule has 0 atom stereocenters. The Morgan fingerprint density at radius 1 is 1.35 bits per heavy atom. The number of hydrogen-bond donors (Lipinski definition) is 1. The Labute approximate surface area is 141 Å². The molecule has 1 aliphatic carbocycles. The van der Waals surface area contributed by atoms with Gasteiger partial charge in [-0.3, -0.25) is 9.59 Å². The van der Waals surface area contributed by atoms with Crippen molar-refractivity contribution in [2.45, 2.75) is 32.6 Å². The normalized spacial score (nSPS) is 14.1. The van der Waals surface area contributed by atoms with E-state index in [-0.39, 0.29) is 23.8 Å². The smallest absolute Gasteiger partial charge is 0.264 e. The van der Waals surface area contributed by atoms with E-state index in [1.54, 1.807) is 17.0 Å². The highest BCUT2D eigenvalue weighted by molar-refractivity contribution is 6.31. The van der Waals surface area contributed by atoms with E-state index >= 15 is 0 Å². The summed E-state index contributed by atoms with van der Waals surface area (Å²) in [5.74, 6) is -0.507. The highest BCUT2D eigenvalue weighted by atomic mass is 35.5. The summed E-state index contributed by atoms with van der Waals surface area (Å²) in [5.41, 5.74) is 6.54. The van der Waals surface area contributed by atoms with Gasteiger partial charge in [0.15, 0.2) is 6.61 Å². The molecule has 124 valence electrons. The van der Waals surface area contributed by atoms with Gasteiger partial charge in [0.1, 0.15) is 5.75 Å². The van der Waals surface area contributed by atoms with Gasteiger partial charge in [0.25, 0.3) is 11.8 Å². The van der Waals surface area contributed by atoms with Crippen molar-refractivity contribution in [2.75, 3.05) is 13.2 Å². The molecule has 0 fully saturated rings. The predicted octanol–water partition coefficient (Wildman–Crippen LogP) is 3.12. The molecule has 6 heteroatoms. The zero-order valence-corrected chi connectivity index (χ0v) is 13.9. The third kappa shape index (κ3) is 4.48. The fourth-order valence-corrected chi connectivity index (χ4v) is 2.82. The van der Waals surface area contributed by atoms with Gasteiger partial charge in [-0.15, -0.1) is 0 Å². The first-order valence-electron chi connectivity index (χ1n) is 7.74. The molecule has 5 nitrogen and oxygen atoms in total. The number of primary amides is 1. The Morgan fingerprint density at radius 3 is 2.74 bits per heavy atom. The number of carbonyl (C=O) groups is 2. The van der Waals surface area contributed by atoms with Crippen LogP contribution < -0.4 is 10.5 Å². The minimum atomic E-state index is -0.641. The second-order valence-corrected chi connectivity index (χ2v) is 5.81. The van der Waals surface area contributed by atoms with Crippen LogP contribution >= 0.6 is 11.6 Å². The first-order chi connectivity index (χ1) is 11.0. The average molecular weight is 337 g/mol. The third-order valence-corrected chi connectivity index (χ3v) is 4.02. The van der Waals surface area contributed by atoms with Crippen LogP contribution in [-0.4, -0.2) is 29.9 Å². The Bertz CT molecular complexity index is 628. The van der Waals surface area contributed by atoms with Crippen molar-refractivity contribution in [3.63, 3.8) is 0 Å². The monoisotopic (exact) mass is 336 g/mol. The quantitative estimate of drug-likeness (QED) is 0.867. The number of nitrogens with zero attached hydrogens (tertiary/aromatic N) is 1. The third-order valence-electron chi connectivity index (χ3n) is 3.79.